The number of hydrogen-bond acceptors (Lipinski definition) is 1. The van der Waals surface area contributed by atoms with E-state index in [-0.39, 0.29) is 0 Å². The molecule has 0 amide bonds. The van der Waals surface area contributed by atoms with Crippen molar-refractivity contribution in [3.05, 3.63) is 6.92 Å². The molecule has 1 rings (SSSR count). The van der Waals surface area contributed by atoms with Gasteiger partial charge < -0.3 is 5.11 Å². The molecule has 0 bridgehead atoms. The van der Waals surface area contributed by atoms with Crippen LogP contribution in [0.15, 0.2) is 0 Å². The van der Waals surface area contributed by atoms with E-state index in [1.165, 1.54) is 38.5 Å². The third-order valence-corrected chi connectivity index (χ3v) is 3.17. The van der Waals surface area contributed by atoms with E-state index in [9.17, 15) is 0 Å². The van der Waals surface area contributed by atoms with Crippen molar-refractivity contribution in [2.75, 3.05) is 6.61 Å². The average Bonchev–Trinajstić information content (AvgIpc) is 2.35. The molecule has 0 aliphatic heterocycles. The summed E-state index contributed by atoms with van der Waals surface area (Å²) in [5, 5.41) is 9.13. The van der Waals surface area contributed by atoms with E-state index in [0.29, 0.717) is 12.5 Å². The van der Waals surface area contributed by atoms with Crippen LogP contribution in [-0.2, 0) is 0 Å². The van der Waals surface area contributed by atoms with Crippen molar-refractivity contribution in [2.45, 2.75) is 44.9 Å². The van der Waals surface area contributed by atoms with Gasteiger partial charge in [-0.2, -0.15) is 0 Å². The predicted molar refractivity (Wildman–Crippen MR) is 51.7 cm³/mol. The van der Waals surface area contributed by atoms with Crippen LogP contribution in [0.1, 0.15) is 44.9 Å². The largest absolute Gasteiger partial charge is 0.396 e. The third kappa shape index (κ3) is 2.78. The van der Waals surface area contributed by atoms with Crippen molar-refractivity contribution in [1.29, 1.82) is 0 Å². The summed E-state index contributed by atoms with van der Waals surface area (Å²) in [4.78, 5) is 0. The lowest BCUT2D eigenvalue weighted by Crippen LogP contribution is -2.17. The molecule has 0 saturated heterocycles. The fourth-order valence-electron chi connectivity index (χ4n) is 2.26. The third-order valence-electron chi connectivity index (χ3n) is 3.17. The molecule has 1 atom stereocenters. The minimum absolute atomic E-state index is 0.341. The lowest BCUT2D eigenvalue weighted by atomic mass is 9.85. The summed E-state index contributed by atoms with van der Waals surface area (Å²) >= 11 is 0. The number of aliphatic hydroxyl groups excluding tert-OH is 1. The molecule has 0 aromatic heterocycles. The first-order valence-electron chi connectivity index (χ1n) is 5.28. The Morgan fingerprint density at radius 2 is 1.75 bits per heavy atom. The van der Waals surface area contributed by atoms with Gasteiger partial charge in [-0.25, -0.2) is 0 Å². The highest BCUT2D eigenvalue weighted by Crippen LogP contribution is 2.30. The molecule has 1 radical (unpaired) electrons. The zero-order chi connectivity index (χ0) is 8.81. The summed E-state index contributed by atoms with van der Waals surface area (Å²) < 4.78 is 0. The van der Waals surface area contributed by atoms with E-state index in [1.54, 1.807) is 0 Å². The van der Waals surface area contributed by atoms with Crippen molar-refractivity contribution >= 4 is 0 Å². The standard InChI is InChI=1S/C11H21O/c1-2-10(9-12)11-7-5-3-4-6-8-11/h10-12H,1-9H2. The topological polar surface area (TPSA) is 20.2 Å². The molecule has 71 valence electrons. The van der Waals surface area contributed by atoms with E-state index >= 15 is 0 Å². The summed E-state index contributed by atoms with van der Waals surface area (Å²) in [5.41, 5.74) is 0. The molecule has 12 heavy (non-hydrogen) atoms. The molecule has 0 aromatic rings. The molecule has 1 fully saturated rings. The van der Waals surface area contributed by atoms with Gasteiger partial charge in [-0.15, -0.1) is 0 Å². The van der Waals surface area contributed by atoms with Gasteiger partial charge in [-0.3, -0.25) is 0 Å². The van der Waals surface area contributed by atoms with E-state index in [0.717, 1.165) is 12.3 Å². The Balaban J connectivity index is 2.35. The lowest BCUT2D eigenvalue weighted by molar-refractivity contribution is 0.165. The van der Waals surface area contributed by atoms with Gasteiger partial charge in [0.15, 0.2) is 0 Å². The predicted octanol–water partition coefficient (Wildman–Crippen LogP) is 2.79. The van der Waals surface area contributed by atoms with Gasteiger partial charge in [-0.1, -0.05) is 45.4 Å². The highest BCUT2D eigenvalue weighted by molar-refractivity contribution is 4.73. The zero-order valence-electron chi connectivity index (χ0n) is 7.97. The molecular formula is C11H21O. The molecule has 0 spiro atoms. The maximum atomic E-state index is 9.13. The molecule has 1 heteroatoms. The molecule has 1 aliphatic carbocycles. The SMILES string of the molecule is [CH2]CC(CO)C1CCCCCC1. The Bertz CT molecular complexity index is 99.6. The monoisotopic (exact) mass is 169 g/mol. The fourth-order valence-corrected chi connectivity index (χ4v) is 2.26. The normalized spacial score (nSPS) is 23.5. The summed E-state index contributed by atoms with van der Waals surface area (Å²) in [6, 6.07) is 0. The summed E-state index contributed by atoms with van der Waals surface area (Å²) in [5.74, 6) is 1.23. The Kier molecular flexibility index (Phi) is 4.67. The maximum Gasteiger partial charge on any atom is 0.0461 e. The van der Waals surface area contributed by atoms with Crippen molar-refractivity contribution in [3.63, 3.8) is 0 Å². The molecule has 1 saturated carbocycles. The van der Waals surface area contributed by atoms with Gasteiger partial charge >= 0.3 is 0 Å². The van der Waals surface area contributed by atoms with Gasteiger partial charge in [0.2, 0.25) is 0 Å². The molecule has 1 unspecified atom stereocenters. The van der Waals surface area contributed by atoms with Crippen molar-refractivity contribution in [3.8, 4) is 0 Å². The molecule has 1 N–H and O–H groups in total. The molecule has 0 heterocycles. The minimum Gasteiger partial charge on any atom is -0.396 e. The highest BCUT2D eigenvalue weighted by Gasteiger charge is 2.20. The Morgan fingerprint density at radius 3 is 2.17 bits per heavy atom. The van der Waals surface area contributed by atoms with Crippen molar-refractivity contribution < 1.29 is 5.11 Å². The summed E-state index contributed by atoms with van der Waals surface area (Å²) in [7, 11) is 0. The number of hydrogen-bond donors (Lipinski definition) is 1. The molecule has 0 aromatic carbocycles. The second-order valence-electron chi connectivity index (χ2n) is 3.98. The quantitative estimate of drug-likeness (QED) is 0.644. The maximum absolute atomic E-state index is 9.13. The summed E-state index contributed by atoms with van der Waals surface area (Å²) in [6.45, 7) is 4.24. The Hall–Kier alpha value is -0.0400. The van der Waals surface area contributed by atoms with E-state index in [2.05, 4.69) is 6.92 Å². The van der Waals surface area contributed by atoms with Crippen LogP contribution in [0.25, 0.3) is 0 Å². The Labute approximate surface area is 76.2 Å². The molecule has 1 nitrogen and oxygen atoms in total. The Morgan fingerprint density at radius 1 is 1.17 bits per heavy atom. The smallest absolute Gasteiger partial charge is 0.0461 e. The van der Waals surface area contributed by atoms with Crippen LogP contribution in [-0.4, -0.2) is 11.7 Å². The number of aliphatic hydroxyl groups is 1. The van der Waals surface area contributed by atoms with Crippen LogP contribution >= 0.6 is 0 Å². The van der Waals surface area contributed by atoms with Crippen molar-refractivity contribution in [1.82, 2.24) is 0 Å². The van der Waals surface area contributed by atoms with Crippen LogP contribution in [0.5, 0.6) is 0 Å². The first-order chi connectivity index (χ1) is 5.88. The molecular weight excluding hydrogens is 148 g/mol. The second kappa shape index (κ2) is 5.58. The first kappa shape index (κ1) is 10.0. The molecule has 1 aliphatic rings. The van der Waals surface area contributed by atoms with Crippen LogP contribution in [0, 0.1) is 18.8 Å². The first-order valence-corrected chi connectivity index (χ1v) is 5.28. The van der Waals surface area contributed by atoms with Gasteiger partial charge in [0.1, 0.15) is 0 Å². The minimum atomic E-state index is 0.341. The highest BCUT2D eigenvalue weighted by atomic mass is 16.3. The van der Waals surface area contributed by atoms with Gasteiger partial charge in [0.05, 0.1) is 0 Å². The fraction of sp³-hybridized carbons (Fsp3) is 0.909. The summed E-state index contributed by atoms with van der Waals surface area (Å²) in [6.07, 6.45) is 9.06. The van der Waals surface area contributed by atoms with Gasteiger partial charge in [-0.05, 0) is 18.3 Å². The van der Waals surface area contributed by atoms with Gasteiger partial charge in [0, 0.05) is 6.61 Å². The van der Waals surface area contributed by atoms with Crippen LogP contribution < -0.4 is 0 Å². The van der Waals surface area contributed by atoms with Crippen molar-refractivity contribution in [2.24, 2.45) is 11.8 Å². The zero-order valence-corrected chi connectivity index (χ0v) is 7.97. The lowest BCUT2D eigenvalue weighted by Gasteiger charge is -2.22. The van der Waals surface area contributed by atoms with E-state index in [1.807, 2.05) is 0 Å². The van der Waals surface area contributed by atoms with Crippen LogP contribution in [0.4, 0.5) is 0 Å². The van der Waals surface area contributed by atoms with Crippen LogP contribution in [0.2, 0.25) is 0 Å². The van der Waals surface area contributed by atoms with E-state index in [4.69, 9.17) is 5.11 Å². The van der Waals surface area contributed by atoms with E-state index < -0.39 is 0 Å². The van der Waals surface area contributed by atoms with Crippen LogP contribution in [0.3, 0.4) is 0 Å². The number of rotatable bonds is 3. The second-order valence-corrected chi connectivity index (χ2v) is 3.98. The van der Waals surface area contributed by atoms with Gasteiger partial charge in [0.25, 0.3) is 0 Å². The average molecular weight is 169 g/mol.